The number of hydrogen-bond acceptors (Lipinski definition) is 15. The van der Waals surface area contributed by atoms with Crippen molar-refractivity contribution in [2.75, 3.05) is 39.6 Å². The average Bonchev–Trinajstić information content (AvgIpc) is 0.906. The van der Waals surface area contributed by atoms with Crippen LogP contribution in [0.2, 0.25) is 0 Å². The lowest BCUT2D eigenvalue weighted by atomic mass is 9.99. The first-order chi connectivity index (χ1) is 51.4. The fraction of sp³-hybridized carbons (Fsp3) is 0.954. The largest absolute Gasteiger partial charge is 0.472 e. The molecule has 19 heteroatoms. The van der Waals surface area contributed by atoms with Gasteiger partial charge in [-0.15, -0.1) is 0 Å². The first kappa shape index (κ1) is 104. The minimum Gasteiger partial charge on any atom is -0.462 e. The highest BCUT2D eigenvalue weighted by molar-refractivity contribution is 7.47. The van der Waals surface area contributed by atoms with Gasteiger partial charge in [0.05, 0.1) is 26.4 Å². The van der Waals surface area contributed by atoms with Gasteiger partial charge in [-0.05, 0) is 37.5 Å². The number of unbranched alkanes of at least 4 members (excludes halogenated alkanes) is 55. The van der Waals surface area contributed by atoms with Gasteiger partial charge < -0.3 is 33.8 Å². The van der Waals surface area contributed by atoms with E-state index >= 15 is 0 Å². The summed E-state index contributed by atoms with van der Waals surface area (Å²) >= 11 is 0. The van der Waals surface area contributed by atoms with E-state index in [-0.39, 0.29) is 25.7 Å². The third-order valence-electron chi connectivity index (χ3n) is 20.8. The average molecular weight is 1550 g/mol. The predicted octanol–water partition coefficient (Wildman–Crippen LogP) is 26.6. The number of esters is 4. The van der Waals surface area contributed by atoms with Crippen LogP contribution in [0.4, 0.5) is 0 Å². The Hall–Kier alpha value is -1.94. The molecule has 6 atom stereocenters. The normalized spacial score (nSPS) is 14.1. The smallest absolute Gasteiger partial charge is 0.462 e. The van der Waals surface area contributed by atoms with Crippen molar-refractivity contribution in [2.45, 2.75) is 484 Å². The summed E-state index contributed by atoms with van der Waals surface area (Å²) in [6, 6.07) is 0. The van der Waals surface area contributed by atoms with Gasteiger partial charge >= 0.3 is 39.5 Å². The zero-order chi connectivity index (χ0) is 77.8. The molecule has 630 valence electrons. The molecular formula is C87H170O17P2. The Kier molecular flexibility index (Phi) is 76.9. The maximum Gasteiger partial charge on any atom is 0.472 e. The van der Waals surface area contributed by atoms with E-state index in [0.29, 0.717) is 25.7 Å². The van der Waals surface area contributed by atoms with Crippen LogP contribution in [-0.2, 0) is 65.4 Å². The van der Waals surface area contributed by atoms with Gasteiger partial charge in [-0.25, -0.2) is 9.13 Å². The maximum absolute atomic E-state index is 13.2. The highest BCUT2D eigenvalue weighted by Gasteiger charge is 2.30. The van der Waals surface area contributed by atoms with Crippen molar-refractivity contribution in [3.63, 3.8) is 0 Å². The van der Waals surface area contributed by atoms with Crippen LogP contribution in [0.15, 0.2) is 0 Å². The number of ether oxygens (including phenoxy) is 4. The molecule has 0 rings (SSSR count). The molecule has 0 aliphatic heterocycles. The van der Waals surface area contributed by atoms with Gasteiger partial charge in [0.15, 0.2) is 12.2 Å². The summed E-state index contributed by atoms with van der Waals surface area (Å²) in [5.74, 6) is -0.503. The van der Waals surface area contributed by atoms with Crippen molar-refractivity contribution in [2.24, 2.45) is 11.8 Å². The molecule has 0 saturated heterocycles. The first-order valence-corrected chi connectivity index (χ1v) is 48.0. The van der Waals surface area contributed by atoms with Crippen molar-refractivity contribution in [3.05, 3.63) is 0 Å². The monoisotopic (exact) mass is 1550 g/mol. The van der Waals surface area contributed by atoms with Crippen LogP contribution in [0.5, 0.6) is 0 Å². The number of carbonyl (C=O) groups excluding carboxylic acids is 4. The van der Waals surface area contributed by atoms with Crippen molar-refractivity contribution < 1.29 is 80.2 Å². The number of phosphoric acid groups is 2. The Bertz CT molecular complexity index is 2030. The van der Waals surface area contributed by atoms with Crippen molar-refractivity contribution in [1.82, 2.24) is 0 Å². The predicted molar refractivity (Wildman–Crippen MR) is 437 cm³/mol. The van der Waals surface area contributed by atoms with Gasteiger partial charge in [-0.1, -0.05) is 414 Å². The van der Waals surface area contributed by atoms with Gasteiger partial charge in [0, 0.05) is 25.7 Å². The summed E-state index contributed by atoms with van der Waals surface area (Å²) < 4.78 is 68.9. The molecule has 0 aliphatic rings. The molecule has 0 radical (unpaired) electrons. The third kappa shape index (κ3) is 78.7. The van der Waals surface area contributed by atoms with Gasteiger partial charge in [-0.2, -0.15) is 0 Å². The topological polar surface area (TPSA) is 237 Å². The lowest BCUT2D eigenvalue weighted by Gasteiger charge is -2.21. The number of aliphatic hydroxyl groups is 1. The van der Waals surface area contributed by atoms with Crippen LogP contribution < -0.4 is 0 Å². The molecule has 17 nitrogen and oxygen atoms in total. The van der Waals surface area contributed by atoms with Crippen molar-refractivity contribution >= 4 is 39.5 Å². The second kappa shape index (κ2) is 78.3. The molecule has 0 heterocycles. The molecule has 0 aromatic rings. The molecule has 0 aliphatic carbocycles. The summed E-state index contributed by atoms with van der Waals surface area (Å²) in [6.45, 7) is 9.71. The lowest BCUT2D eigenvalue weighted by Crippen LogP contribution is -2.30. The molecule has 3 unspecified atom stereocenters. The highest BCUT2D eigenvalue weighted by atomic mass is 31.2. The number of phosphoric ester groups is 2. The second-order valence-corrected chi connectivity index (χ2v) is 34.9. The lowest BCUT2D eigenvalue weighted by molar-refractivity contribution is -0.161. The van der Waals surface area contributed by atoms with E-state index in [1.165, 1.54) is 283 Å². The van der Waals surface area contributed by atoms with Crippen LogP contribution in [0.25, 0.3) is 0 Å². The number of aliphatic hydroxyl groups excluding tert-OH is 1. The van der Waals surface area contributed by atoms with Crippen molar-refractivity contribution in [3.8, 4) is 0 Å². The molecule has 3 N–H and O–H groups in total. The van der Waals surface area contributed by atoms with Crippen LogP contribution in [0.3, 0.4) is 0 Å². The quantitative estimate of drug-likeness (QED) is 0.0222. The van der Waals surface area contributed by atoms with E-state index in [1.807, 2.05) is 0 Å². The van der Waals surface area contributed by atoms with Crippen LogP contribution in [0.1, 0.15) is 465 Å². The molecule has 0 bridgehead atoms. The highest BCUT2D eigenvalue weighted by Crippen LogP contribution is 2.45. The van der Waals surface area contributed by atoms with E-state index < -0.39 is 97.5 Å². The zero-order valence-electron chi connectivity index (χ0n) is 69.7. The van der Waals surface area contributed by atoms with E-state index in [2.05, 4.69) is 41.5 Å². The number of hydrogen-bond donors (Lipinski definition) is 3. The molecule has 0 saturated carbocycles. The summed E-state index contributed by atoms with van der Waals surface area (Å²) in [5.41, 5.74) is 0. The summed E-state index contributed by atoms with van der Waals surface area (Å²) in [5, 5.41) is 10.7. The van der Waals surface area contributed by atoms with E-state index in [0.717, 1.165) is 102 Å². The fourth-order valence-electron chi connectivity index (χ4n) is 13.6. The molecular weight excluding hydrogens is 1380 g/mol. The van der Waals surface area contributed by atoms with E-state index in [1.54, 1.807) is 0 Å². The molecule has 0 spiro atoms. The Balaban J connectivity index is 5.23. The SMILES string of the molecule is CCCCCCCCCCCCCCCCCCCCCC(=O)OC[C@H](COP(=O)(O)OC[C@@H](O)COP(=O)(O)OC[C@@H](COC(=O)CCCCCCCCCCC(C)C)OC(=O)CCCCCCCCCCCCCCCC)OC(=O)CCCCCCCCCCCCCCCCCCCCC(C)CC. The summed E-state index contributed by atoms with van der Waals surface area (Å²) in [6.07, 6.45) is 70.8. The molecule has 0 aromatic heterocycles. The fourth-order valence-corrected chi connectivity index (χ4v) is 15.1. The van der Waals surface area contributed by atoms with Gasteiger partial charge in [0.1, 0.15) is 19.3 Å². The van der Waals surface area contributed by atoms with Crippen LogP contribution >= 0.6 is 15.6 Å². The minimum absolute atomic E-state index is 0.108. The second-order valence-electron chi connectivity index (χ2n) is 32.0. The minimum atomic E-state index is -4.97. The number of rotatable bonds is 86. The van der Waals surface area contributed by atoms with Gasteiger partial charge in [-0.3, -0.25) is 37.3 Å². The molecule has 106 heavy (non-hydrogen) atoms. The molecule has 0 amide bonds. The Labute approximate surface area is 651 Å². The van der Waals surface area contributed by atoms with E-state index in [4.69, 9.17) is 37.0 Å². The Morgan fingerprint density at radius 2 is 0.481 bits per heavy atom. The summed E-state index contributed by atoms with van der Waals surface area (Å²) in [4.78, 5) is 73.2. The summed E-state index contributed by atoms with van der Waals surface area (Å²) in [7, 11) is -9.93. The zero-order valence-corrected chi connectivity index (χ0v) is 71.5. The van der Waals surface area contributed by atoms with Crippen LogP contribution in [-0.4, -0.2) is 96.7 Å². The van der Waals surface area contributed by atoms with Crippen LogP contribution in [0, 0.1) is 11.8 Å². The van der Waals surface area contributed by atoms with Crippen molar-refractivity contribution in [1.29, 1.82) is 0 Å². The first-order valence-electron chi connectivity index (χ1n) is 45.0. The van der Waals surface area contributed by atoms with E-state index in [9.17, 15) is 43.2 Å². The molecule has 0 fully saturated rings. The van der Waals surface area contributed by atoms with Gasteiger partial charge in [0.25, 0.3) is 0 Å². The molecule has 0 aromatic carbocycles. The third-order valence-corrected chi connectivity index (χ3v) is 22.7. The Morgan fingerprint density at radius 1 is 0.274 bits per heavy atom. The number of carbonyl (C=O) groups is 4. The maximum atomic E-state index is 13.2. The standard InChI is InChI=1S/C87H170O17P2/c1-7-10-12-14-16-18-20-22-24-25-26-30-33-37-40-44-51-57-63-69-84(89)97-75-82(103-87(92)72-66-60-54-46-42-38-34-31-28-27-29-32-35-39-43-50-56-62-68-80(6)9-3)77-101-105(93,94)99-73-81(88)74-100-106(95,96)102-78-83(76-98-85(90)70-64-58-52-48-47-49-55-61-67-79(4)5)104-86(91)71-65-59-53-45-41-36-23-21-19-17-15-13-11-8-2/h79-83,88H,7-78H2,1-6H3,(H,93,94)(H,95,96)/t80?,81-,82-,83-/m1/s1. The van der Waals surface area contributed by atoms with Gasteiger partial charge in [0.2, 0.25) is 0 Å². The Morgan fingerprint density at radius 3 is 0.717 bits per heavy atom.